The summed E-state index contributed by atoms with van der Waals surface area (Å²) < 4.78 is 0. The zero-order valence-electron chi connectivity index (χ0n) is 10.2. The van der Waals surface area contributed by atoms with Crippen LogP contribution in [0.1, 0.15) is 13.8 Å². The van der Waals surface area contributed by atoms with Crippen LogP contribution in [0.2, 0.25) is 0 Å². The predicted octanol–water partition coefficient (Wildman–Crippen LogP) is -0.147. The van der Waals surface area contributed by atoms with Gasteiger partial charge in [0.1, 0.15) is 0 Å². The second-order valence-corrected chi connectivity index (χ2v) is 5.35. The summed E-state index contributed by atoms with van der Waals surface area (Å²) in [7, 11) is 0. The van der Waals surface area contributed by atoms with Crippen molar-refractivity contribution in [3.8, 4) is 0 Å². The molecule has 0 atom stereocenters. The summed E-state index contributed by atoms with van der Waals surface area (Å²) in [5.74, 6) is 8.55. The minimum atomic E-state index is 0.348. The minimum absolute atomic E-state index is 0.348. The van der Waals surface area contributed by atoms with Crippen LogP contribution in [0.25, 0.3) is 0 Å². The molecule has 6 heteroatoms. The molecule has 5 nitrogen and oxygen atoms in total. The third-order valence-corrected chi connectivity index (χ3v) is 3.29. The first kappa shape index (κ1) is 13.6. The lowest BCUT2D eigenvalue weighted by Gasteiger charge is -2.25. The molecule has 94 valence electrons. The van der Waals surface area contributed by atoms with Gasteiger partial charge in [-0.3, -0.25) is 15.3 Å². The lowest BCUT2D eigenvalue weighted by molar-refractivity contribution is 0.311. The van der Waals surface area contributed by atoms with Gasteiger partial charge in [0.05, 0.1) is 6.54 Å². The molecular weight excluding hydrogens is 222 g/mol. The maximum Gasteiger partial charge on any atom is 0.205 e. The fraction of sp³-hybridized carbons (Fsp3) is 0.900. The lowest BCUT2D eigenvalue weighted by atomic mass is 10.4. The first-order valence-corrected chi connectivity index (χ1v) is 6.95. The van der Waals surface area contributed by atoms with Crippen LogP contribution in [-0.4, -0.2) is 54.6 Å². The molecule has 1 heterocycles. The summed E-state index contributed by atoms with van der Waals surface area (Å²) in [6, 6.07) is 0.348. The Morgan fingerprint density at radius 2 is 2.12 bits per heavy atom. The smallest absolute Gasteiger partial charge is 0.205 e. The molecule has 16 heavy (non-hydrogen) atoms. The van der Waals surface area contributed by atoms with E-state index in [0.717, 1.165) is 13.1 Å². The van der Waals surface area contributed by atoms with Gasteiger partial charge >= 0.3 is 0 Å². The molecule has 0 aromatic carbocycles. The number of thioether (sulfide) groups is 1. The Bertz CT molecular complexity index is 213. The molecule has 1 fully saturated rings. The molecule has 0 bridgehead atoms. The maximum absolute atomic E-state index is 5.38. The van der Waals surface area contributed by atoms with E-state index in [1.54, 1.807) is 0 Å². The maximum atomic E-state index is 5.38. The van der Waals surface area contributed by atoms with Crippen molar-refractivity contribution in [2.24, 2.45) is 10.8 Å². The second kappa shape index (κ2) is 7.76. The summed E-state index contributed by atoms with van der Waals surface area (Å²) >= 11 is 2.03. The predicted molar refractivity (Wildman–Crippen MR) is 71.7 cm³/mol. The first-order chi connectivity index (χ1) is 7.72. The van der Waals surface area contributed by atoms with Crippen LogP contribution in [0, 0.1) is 0 Å². The quantitative estimate of drug-likeness (QED) is 0.278. The molecule has 0 amide bonds. The van der Waals surface area contributed by atoms with Crippen LogP contribution in [0.3, 0.4) is 0 Å². The molecule has 0 aromatic heterocycles. The van der Waals surface area contributed by atoms with Crippen molar-refractivity contribution in [3.05, 3.63) is 0 Å². The largest absolute Gasteiger partial charge is 0.353 e. The number of hydrogen-bond acceptors (Lipinski definition) is 4. The number of nitrogens with two attached hydrogens (primary N) is 1. The zero-order valence-corrected chi connectivity index (χ0v) is 11.0. The molecule has 0 radical (unpaired) electrons. The van der Waals surface area contributed by atoms with Crippen molar-refractivity contribution >= 4 is 17.7 Å². The number of nitrogens with one attached hydrogen (secondary N) is 2. The Labute approximate surface area is 102 Å². The van der Waals surface area contributed by atoms with Gasteiger partial charge in [0.2, 0.25) is 5.96 Å². The van der Waals surface area contributed by atoms with E-state index in [1.165, 1.54) is 24.6 Å². The molecule has 0 aromatic rings. The SMILES string of the molecule is CC(C)NC(=NCCN1CCSCC1)NN. The fourth-order valence-electron chi connectivity index (χ4n) is 1.53. The molecule has 4 N–H and O–H groups in total. The van der Waals surface area contributed by atoms with Crippen LogP contribution < -0.4 is 16.6 Å². The third-order valence-electron chi connectivity index (χ3n) is 2.35. The normalized spacial score (nSPS) is 18.9. The summed E-state index contributed by atoms with van der Waals surface area (Å²) in [6.45, 7) is 8.31. The first-order valence-electron chi connectivity index (χ1n) is 5.80. The van der Waals surface area contributed by atoms with Crippen molar-refractivity contribution in [3.63, 3.8) is 0 Å². The topological polar surface area (TPSA) is 65.7 Å². The van der Waals surface area contributed by atoms with Gasteiger partial charge in [0.15, 0.2) is 0 Å². The average Bonchev–Trinajstić information content (AvgIpc) is 2.28. The Morgan fingerprint density at radius 3 is 2.69 bits per heavy atom. The monoisotopic (exact) mass is 245 g/mol. The van der Waals surface area contributed by atoms with Crippen molar-refractivity contribution in [1.29, 1.82) is 0 Å². The van der Waals surface area contributed by atoms with Crippen molar-refractivity contribution in [1.82, 2.24) is 15.6 Å². The molecule has 0 spiro atoms. The van der Waals surface area contributed by atoms with Crippen molar-refractivity contribution < 1.29 is 0 Å². The summed E-state index contributed by atoms with van der Waals surface area (Å²) in [5.41, 5.74) is 2.59. The van der Waals surface area contributed by atoms with E-state index in [9.17, 15) is 0 Å². The van der Waals surface area contributed by atoms with E-state index in [0.29, 0.717) is 12.0 Å². The van der Waals surface area contributed by atoms with E-state index in [4.69, 9.17) is 5.84 Å². The molecule has 0 aliphatic carbocycles. The lowest BCUT2D eigenvalue weighted by Crippen LogP contribution is -2.45. The molecular formula is C10H23N5S. The van der Waals surface area contributed by atoms with E-state index in [1.807, 2.05) is 11.8 Å². The van der Waals surface area contributed by atoms with Gasteiger partial charge in [0.25, 0.3) is 0 Å². The Kier molecular flexibility index (Phi) is 6.59. The number of guanidine groups is 1. The van der Waals surface area contributed by atoms with Crippen LogP contribution in [0.5, 0.6) is 0 Å². The highest BCUT2D eigenvalue weighted by molar-refractivity contribution is 7.99. The van der Waals surface area contributed by atoms with Crippen LogP contribution >= 0.6 is 11.8 Å². The van der Waals surface area contributed by atoms with Crippen molar-refractivity contribution in [2.45, 2.75) is 19.9 Å². The van der Waals surface area contributed by atoms with Gasteiger partial charge in [-0.15, -0.1) is 0 Å². The standard InChI is InChI=1S/C10H23N5S/c1-9(2)13-10(14-11)12-3-4-15-5-7-16-8-6-15/h9H,3-8,11H2,1-2H3,(H2,12,13,14). The molecule has 0 unspecified atom stereocenters. The fourth-order valence-corrected chi connectivity index (χ4v) is 2.51. The van der Waals surface area contributed by atoms with Crippen molar-refractivity contribution in [2.75, 3.05) is 37.7 Å². The molecule has 1 saturated heterocycles. The number of aliphatic imine (C=N–C) groups is 1. The van der Waals surface area contributed by atoms with Crippen LogP contribution in [0.4, 0.5) is 0 Å². The van der Waals surface area contributed by atoms with E-state index >= 15 is 0 Å². The Morgan fingerprint density at radius 1 is 1.44 bits per heavy atom. The highest BCUT2D eigenvalue weighted by Gasteiger charge is 2.09. The highest BCUT2D eigenvalue weighted by atomic mass is 32.2. The van der Waals surface area contributed by atoms with Gasteiger partial charge in [-0.25, -0.2) is 5.84 Å². The molecule has 1 aliphatic rings. The van der Waals surface area contributed by atoms with E-state index in [-0.39, 0.29) is 0 Å². The number of hydrogen-bond donors (Lipinski definition) is 3. The molecule has 1 aliphatic heterocycles. The Hall–Kier alpha value is -0.460. The van der Waals surface area contributed by atoms with Gasteiger partial charge in [-0.2, -0.15) is 11.8 Å². The van der Waals surface area contributed by atoms with Gasteiger partial charge in [0, 0.05) is 37.2 Å². The molecule has 1 rings (SSSR count). The zero-order chi connectivity index (χ0) is 11.8. The summed E-state index contributed by atoms with van der Waals surface area (Å²) in [6.07, 6.45) is 0. The Balaban J connectivity index is 2.21. The number of rotatable bonds is 4. The number of hydrazine groups is 1. The van der Waals surface area contributed by atoms with E-state index in [2.05, 4.69) is 34.5 Å². The van der Waals surface area contributed by atoms with Crippen LogP contribution in [0.15, 0.2) is 4.99 Å². The number of nitrogens with zero attached hydrogens (tertiary/aromatic N) is 2. The summed E-state index contributed by atoms with van der Waals surface area (Å²) in [4.78, 5) is 6.85. The van der Waals surface area contributed by atoms with E-state index < -0.39 is 0 Å². The second-order valence-electron chi connectivity index (χ2n) is 4.13. The molecule has 0 saturated carbocycles. The third kappa shape index (κ3) is 5.58. The highest BCUT2D eigenvalue weighted by Crippen LogP contribution is 2.08. The van der Waals surface area contributed by atoms with Gasteiger partial charge in [-0.1, -0.05) is 0 Å². The minimum Gasteiger partial charge on any atom is -0.353 e. The average molecular weight is 245 g/mol. The van der Waals surface area contributed by atoms with Gasteiger partial charge < -0.3 is 5.32 Å². The van der Waals surface area contributed by atoms with Crippen LogP contribution in [-0.2, 0) is 0 Å². The summed E-state index contributed by atoms with van der Waals surface area (Å²) in [5, 5.41) is 3.16. The van der Waals surface area contributed by atoms with Gasteiger partial charge in [-0.05, 0) is 13.8 Å².